The molecule has 13 heteroatoms. The first kappa shape index (κ1) is 37.4. The van der Waals surface area contributed by atoms with Crippen molar-refractivity contribution in [1.82, 2.24) is 0 Å². The number of fused-ring (bicyclic) bond motifs is 4. The van der Waals surface area contributed by atoms with Crippen LogP contribution in [0.25, 0.3) is 0 Å². The van der Waals surface area contributed by atoms with Crippen molar-refractivity contribution in [2.75, 3.05) is 13.2 Å². The molecule has 2 spiro atoms. The van der Waals surface area contributed by atoms with Gasteiger partial charge in [-0.3, -0.25) is 9.05 Å². The van der Waals surface area contributed by atoms with E-state index in [1.165, 1.54) is 0 Å². The van der Waals surface area contributed by atoms with Crippen molar-refractivity contribution in [3.8, 4) is 5.75 Å². The summed E-state index contributed by atoms with van der Waals surface area (Å²) in [5, 5.41) is 0. The molecular weight excluding hydrogens is 703 g/mol. The van der Waals surface area contributed by atoms with Gasteiger partial charge in [-0.2, -0.15) is 0 Å². The lowest BCUT2D eigenvalue weighted by molar-refractivity contribution is -0.571. The minimum absolute atomic E-state index is 0.117. The van der Waals surface area contributed by atoms with Crippen LogP contribution in [0.3, 0.4) is 0 Å². The lowest BCUT2D eigenvalue weighted by Crippen LogP contribution is -2.70. The van der Waals surface area contributed by atoms with E-state index in [1.54, 1.807) is 12.1 Å². The highest BCUT2D eigenvalue weighted by Gasteiger charge is 2.70. The van der Waals surface area contributed by atoms with E-state index in [0.717, 1.165) is 51.4 Å². The van der Waals surface area contributed by atoms with Gasteiger partial charge in [-0.1, -0.05) is 45.9 Å². The number of hydrogen-bond acceptors (Lipinski definition) is 12. The van der Waals surface area contributed by atoms with Crippen LogP contribution in [0, 0.1) is 47.3 Å². The third kappa shape index (κ3) is 6.20. The maximum atomic E-state index is 14.4. The Labute approximate surface area is 313 Å². The van der Waals surface area contributed by atoms with Crippen molar-refractivity contribution >= 4 is 7.82 Å². The van der Waals surface area contributed by atoms with E-state index in [2.05, 4.69) is 27.7 Å². The molecule has 53 heavy (non-hydrogen) atoms. The van der Waals surface area contributed by atoms with Crippen LogP contribution in [0.15, 0.2) is 30.3 Å². The third-order valence-corrected chi connectivity index (χ3v) is 16.3. The number of hydrogen-bond donors (Lipinski definition) is 0. The molecule has 8 aliphatic heterocycles. The highest BCUT2D eigenvalue weighted by atomic mass is 31.2. The molecule has 0 unspecified atom stereocenters. The molecule has 16 atom stereocenters. The van der Waals surface area contributed by atoms with Gasteiger partial charge in [-0.15, -0.1) is 0 Å². The molecule has 4 bridgehead atoms. The molecule has 8 saturated heterocycles. The zero-order chi connectivity index (χ0) is 36.8. The zero-order valence-corrected chi connectivity index (χ0v) is 33.0. The Bertz CT molecular complexity index is 1450. The summed E-state index contributed by atoms with van der Waals surface area (Å²) in [5.74, 6) is 0.970. The fourth-order valence-corrected chi connectivity index (χ4v) is 13.1. The summed E-state index contributed by atoms with van der Waals surface area (Å²) in [7, 11) is -4.06. The van der Waals surface area contributed by atoms with Gasteiger partial charge in [0.25, 0.3) is 0 Å². The summed E-state index contributed by atoms with van der Waals surface area (Å²) < 4.78 is 59.3. The topological polar surface area (TPSA) is 119 Å². The predicted molar refractivity (Wildman–Crippen MR) is 189 cm³/mol. The predicted octanol–water partition coefficient (Wildman–Crippen LogP) is 8.49. The van der Waals surface area contributed by atoms with Crippen molar-refractivity contribution < 1.29 is 56.6 Å². The van der Waals surface area contributed by atoms with E-state index in [4.69, 9.17) is 52.1 Å². The Morgan fingerprint density at radius 2 is 1.11 bits per heavy atom. The van der Waals surface area contributed by atoms with Crippen molar-refractivity contribution in [2.24, 2.45) is 47.3 Å². The number of phosphoric acid groups is 1. The Morgan fingerprint density at radius 1 is 0.642 bits per heavy atom. The number of benzene rings is 1. The maximum absolute atomic E-state index is 14.4. The average molecular weight is 763 g/mol. The van der Waals surface area contributed by atoms with Crippen LogP contribution in [-0.2, 0) is 52.1 Å². The van der Waals surface area contributed by atoms with Crippen LogP contribution in [0.4, 0.5) is 0 Å². The van der Waals surface area contributed by atoms with Crippen LogP contribution >= 0.6 is 7.82 Å². The largest absolute Gasteiger partial charge is 0.530 e. The van der Waals surface area contributed by atoms with Gasteiger partial charge in [0.05, 0.1) is 25.4 Å². The third-order valence-electron chi connectivity index (χ3n) is 14.9. The first-order valence-corrected chi connectivity index (χ1v) is 21.9. The van der Waals surface area contributed by atoms with Gasteiger partial charge in [0.1, 0.15) is 5.75 Å². The fourth-order valence-electron chi connectivity index (χ4n) is 11.9. The van der Waals surface area contributed by atoms with E-state index >= 15 is 0 Å². The Hall–Kier alpha value is -1.15. The Morgan fingerprint density at radius 3 is 1.58 bits per heavy atom. The molecule has 11 rings (SSSR count). The van der Waals surface area contributed by atoms with Crippen molar-refractivity contribution in [1.29, 1.82) is 0 Å². The minimum Gasteiger partial charge on any atom is -0.404 e. The lowest BCUT2D eigenvalue weighted by atomic mass is 9.57. The zero-order valence-electron chi connectivity index (χ0n) is 32.1. The SMILES string of the molecule is C[C@H]1[C@@H](CCOP(=O)(OCC[C@H]2O[C@@H]3O[C@]4(C)CC[C@H]5[C@H](C)CC[C@@H]([C@H]2C)[C@@]35OO4)Oc2ccccc2)O[C@@H]2O[C@]3(C)CC[C@H]4[C@H](C)CC[C@@H]1[C@@]24OO3. The molecule has 10 aliphatic rings. The van der Waals surface area contributed by atoms with Crippen LogP contribution in [0.1, 0.15) is 106 Å². The average Bonchev–Trinajstić information content (AvgIpc) is 3.51. The number of para-hydroxylation sites is 1. The quantitative estimate of drug-likeness (QED) is 0.168. The number of rotatable bonds is 10. The van der Waals surface area contributed by atoms with Crippen LogP contribution in [0.5, 0.6) is 5.75 Å². The van der Waals surface area contributed by atoms with E-state index in [9.17, 15) is 4.57 Å². The standard InChI is InChI=1S/C40H59O12P/c1-24-12-14-31-26(3)33(44-35-39(31)29(24)16-20-37(5,46-35)49-51-39)18-22-42-53(41,48-28-10-8-7-9-11-28)43-23-19-34-27(4)32-15-13-25(2)30-17-21-38(6)47-36(45-34)40(30,32)52-50-38/h7-11,24-27,29-36H,12-23H2,1-6H3/t24-,25-,26-,27-,29+,30+,31+,32+,33-,34-,35-,36-,37+,38+,39-,40-/m1/s1. The van der Waals surface area contributed by atoms with E-state index in [-0.39, 0.29) is 49.1 Å². The minimum atomic E-state index is -4.06. The van der Waals surface area contributed by atoms with E-state index < -0.39 is 43.2 Å². The molecule has 0 N–H and O–H groups in total. The van der Waals surface area contributed by atoms with Gasteiger partial charge in [0, 0.05) is 24.7 Å². The van der Waals surface area contributed by atoms with Gasteiger partial charge in [0.2, 0.25) is 11.6 Å². The second-order valence-electron chi connectivity index (χ2n) is 18.0. The molecule has 1 aromatic carbocycles. The first-order valence-electron chi connectivity index (χ1n) is 20.4. The molecule has 0 aromatic heterocycles. The number of ether oxygens (including phenoxy) is 4. The highest BCUT2D eigenvalue weighted by molar-refractivity contribution is 7.48. The molecule has 2 saturated carbocycles. The molecule has 2 aliphatic carbocycles. The van der Waals surface area contributed by atoms with Crippen LogP contribution in [0.2, 0.25) is 0 Å². The van der Waals surface area contributed by atoms with Gasteiger partial charge in [0.15, 0.2) is 23.8 Å². The maximum Gasteiger partial charge on any atom is 0.530 e. The Balaban J connectivity index is 0.875. The smallest absolute Gasteiger partial charge is 0.404 e. The molecule has 0 amide bonds. The second kappa shape index (κ2) is 13.8. The van der Waals surface area contributed by atoms with Gasteiger partial charge < -0.3 is 23.5 Å². The van der Waals surface area contributed by atoms with Gasteiger partial charge in [-0.05, 0) is 113 Å². The van der Waals surface area contributed by atoms with Crippen LogP contribution in [-0.4, -0.2) is 60.8 Å². The van der Waals surface area contributed by atoms with Crippen molar-refractivity contribution in [2.45, 2.75) is 153 Å². The normalized spacial score (nSPS) is 51.0. The van der Waals surface area contributed by atoms with E-state index in [0.29, 0.717) is 42.3 Å². The summed E-state index contributed by atoms with van der Waals surface area (Å²) in [5.41, 5.74) is -1.27. The monoisotopic (exact) mass is 762 g/mol. The van der Waals surface area contributed by atoms with Crippen molar-refractivity contribution in [3.63, 3.8) is 0 Å². The summed E-state index contributed by atoms with van der Waals surface area (Å²) in [6.45, 7) is 13.2. The molecule has 12 nitrogen and oxygen atoms in total. The van der Waals surface area contributed by atoms with Gasteiger partial charge >= 0.3 is 7.82 Å². The number of phosphoric ester groups is 1. The molecule has 1 aromatic rings. The molecular formula is C40H59O12P. The molecule has 296 valence electrons. The second-order valence-corrected chi connectivity index (χ2v) is 19.6. The summed E-state index contributed by atoms with van der Waals surface area (Å²) in [4.78, 5) is 24.6. The Kier molecular flexibility index (Phi) is 9.71. The highest BCUT2D eigenvalue weighted by Crippen LogP contribution is 2.63. The lowest BCUT2D eigenvalue weighted by Gasteiger charge is -2.60. The first-order chi connectivity index (χ1) is 25.4. The van der Waals surface area contributed by atoms with Crippen molar-refractivity contribution in [3.05, 3.63) is 30.3 Å². The van der Waals surface area contributed by atoms with Gasteiger partial charge in [-0.25, -0.2) is 24.1 Å². The summed E-state index contributed by atoms with van der Waals surface area (Å²) in [6, 6.07) is 9.04. The molecule has 0 radical (unpaired) electrons. The molecule has 8 heterocycles. The fraction of sp³-hybridized carbons (Fsp3) is 0.850. The molecule has 10 fully saturated rings. The summed E-state index contributed by atoms with van der Waals surface area (Å²) in [6.07, 6.45) is 7.24. The summed E-state index contributed by atoms with van der Waals surface area (Å²) >= 11 is 0. The van der Waals surface area contributed by atoms with E-state index in [1.807, 2.05) is 32.0 Å². The van der Waals surface area contributed by atoms with Crippen LogP contribution < -0.4 is 4.52 Å².